The summed E-state index contributed by atoms with van der Waals surface area (Å²) in [5, 5.41) is 1.95. The minimum Gasteiger partial charge on any atom is -0.493 e. The summed E-state index contributed by atoms with van der Waals surface area (Å²) in [6.45, 7) is -0.501. The largest absolute Gasteiger partial charge is 0.493 e. The van der Waals surface area contributed by atoms with Crippen molar-refractivity contribution in [3.63, 3.8) is 0 Å². The van der Waals surface area contributed by atoms with Crippen molar-refractivity contribution in [1.29, 1.82) is 0 Å². The first-order chi connectivity index (χ1) is 21.3. The Bertz CT molecular complexity index is 1860. The van der Waals surface area contributed by atoms with E-state index in [1.54, 1.807) is 60.7 Å². The van der Waals surface area contributed by atoms with Crippen molar-refractivity contribution in [2.24, 2.45) is 0 Å². The molecular formula is C29H25N7O7S. The first kappa shape index (κ1) is 29.7. The lowest BCUT2D eigenvalue weighted by molar-refractivity contribution is 0.135. The molecule has 0 fully saturated rings. The molecule has 5 rings (SSSR count). The number of hydrogen-bond donors (Lipinski definition) is 2. The molecule has 14 nitrogen and oxygen atoms in total. The standard InChI is InChI=1S/C29H25N7O7S/c1-40-20-11-5-6-12-21(20)43-24-27(41-17-18-42-29(37)34-23-13-7-8-15-31-23)35-26(25-32-16-14-22(30)33-25)36-28(24)44(38,39)19-9-3-2-4-10-19/h2-16H,17-18H2,1H3,(H2,30,32,33)(H,31,34,37). The number of anilines is 2. The van der Waals surface area contributed by atoms with Crippen molar-refractivity contribution in [2.45, 2.75) is 9.92 Å². The van der Waals surface area contributed by atoms with E-state index >= 15 is 0 Å². The average molecular weight is 616 g/mol. The normalized spacial score (nSPS) is 10.9. The Balaban J connectivity index is 1.55. The number of nitrogen functional groups attached to an aromatic ring is 1. The van der Waals surface area contributed by atoms with Gasteiger partial charge in [-0.15, -0.1) is 0 Å². The van der Waals surface area contributed by atoms with Crippen molar-refractivity contribution in [3.05, 3.63) is 91.3 Å². The van der Waals surface area contributed by atoms with Crippen molar-refractivity contribution >= 4 is 27.6 Å². The van der Waals surface area contributed by atoms with Gasteiger partial charge in [0, 0.05) is 12.4 Å². The van der Waals surface area contributed by atoms with Crippen LogP contribution >= 0.6 is 0 Å². The summed E-state index contributed by atoms with van der Waals surface area (Å²) >= 11 is 0. The van der Waals surface area contributed by atoms with Crippen LogP contribution in [0, 0.1) is 0 Å². The van der Waals surface area contributed by atoms with Gasteiger partial charge in [0.2, 0.25) is 26.4 Å². The minimum absolute atomic E-state index is 0.0609. The second-order valence-corrected chi connectivity index (χ2v) is 10.6. The predicted octanol–water partition coefficient (Wildman–Crippen LogP) is 4.17. The lowest BCUT2D eigenvalue weighted by Gasteiger charge is -2.17. The Hall–Kier alpha value is -5.83. The summed E-state index contributed by atoms with van der Waals surface area (Å²) in [6.07, 6.45) is 2.11. The third kappa shape index (κ3) is 6.96. The van der Waals surface area contributed by atoms with Gasteiger partial charge < -0.3 is 24.7 Å². The van der Waals surface area contributed by atoms with Gasteiger partial charge >= 0.3 is 6.09 Å². The molecule has 0 aliphatic carbocycles. The fraction of sp³-hybridized carbons (Fsp3) is 0.103. The molecule has 0 unspecified atom stereocenters. The first-order valence-electron chi connectivity index (χ1n) is 12.9. The number of hydrogen-bond acceptors (Lipinski definition) is 13. The highest BCUT2D eigenvalue weighted by Crippen LogP contribution is 2.41. The Morgan fingerprint density at radius 1 is 0.818 bits per heavy atom. The number of nitrogens with one attached hydrogen (secondary N) is 1. The van der Waals surface area contributed by atoms with Crippen LogP contribution in [0.15, 0.2) is 101 Å². The molecule has 3 aromatic heterocycles. The minimum atomic E-state index is -4.34. The molecule has 3 N–H and O–H groups in total. The van der Waals surface area contributed by atoms with E-state index in [1.807, 2.05) is 0 Å². The maximum absolute atomic E-state index is 14.0. The molecule has 224 valence electrons. The zero-order chi connectivity index (χ0) is 30.9. The van der Waals surface area contributed by atoms with E-state index in [1.165, 1.54) is 37.7 Å². The van der Waals surface area contributed by atoms with Crippen LogP contribution in [0.5, 0.6) is 23.1 Å². The number of nitrogens with two attached hydrogens (primary N) is 1. The van der Waals surface area contributed by atoms with Gasteiger partial charge in [-0.05, 0) is 42.5 Å². The van der Waals surface area contributed by atoms with E-state index in [4.69, 9.17) is 24.7 Å². The Kier molecular flexibility index (Phi) is 9.05. The summed E-state index contributed by atoms with van der Waals surface area (Å²) in [4.78, 5) is 33.1. The number of benzene rings is 2. The molecule has 0 aliphatic heterocycles. The zero-order valence-corrected chi connectivity index (χ0v) is 24.0. The quantitative estimate of drug-likeness (QED) is 0.159. The number of para-hydroxylation sites is 2. The van der Waals surface area contributed by atoms with E-state index in [0.717, 1.165) is 0 Å². The summed E-state index contributed by atoms with van der Waals surface area (Å²) in [5.41, 5.74) is 5.84. The van der Waals surface area contributed by atoms with Gasteiger partial charge in [-0.1, -0.05) is 36.4 Å². The number of aromatic nitrogens is 5. The van der Waals surface area contributed by atoms with Crippen molar-refractivity contribution < 1.29 is 32.2 Å². The van der Waals surface area contributed by atoms with Crippen LogP contribution in [0.4, 0.5) is 16.4 Å². The number of carbonyl (C=O) groups is 1. The molecule has 0 saturated heterocycles. The number of carbonyl (C=O) groups excluding carboxylic acids is 1. The van der Waals surface area contributed by atoms with Crippen LogP contribution < -0.4 is 25.3 Å². The fourth-order valence-corrected chi connectivity index (χ4v) is 5.05. The zero-order valence-electron chi connectivity index (χ0n) is 23.2. The summed E-state index contributed by atoms with van der Waals surface area (Å²) in [7, 11) is -2.90. The van der Waals surface area contributed by atoms with Crippen LogP contribution in [0.2, 0.25) is 0 Å². The topological polar surface area (TPSA) is 191 Å². The van der Waals surface area contributed by atoms with Crippen molar-refractivity contribution in [2.75, 3.05) is 31.4 Å². The second-order valence-electron chi connectivity index (χ2n) is 8.69. The maximum atomic E-state index is 14.0. The Morgan fingerprint density at radius 2 is 1.57 bits per heavy atom. The fourth-order valence-electron chi connectivity index (χ4n) is 3.73. The van der Waals surface area contributed by atoms with Gasteiger partial charge in [0.1, 0.15) is 24.8 Å². The van der Waals surface area contributed by atoms with Crippen LogP contribution in [-0.4, -0.2) is 59.8 Å². The van der Waals surface area contributed by atoms with Crippen LogP contribution in [0.1, 0.15) is 0 Å². The van der Waals surface area contributed by atoms with Crippen molar-refractivity contribution in [1.82, 2.24) is 24.9 Å². The number of ether oxygens (including phenoxy) is 4. The number of rotatable bonds is 11. The van der Waals surface area contributed by atoms with E-state index in [0.29, 0.717) is 11.6 Å². The molecule has 0 atom stereocenters. The number of pyridine rings is 1. The van der Waals surface area contributed by atoms with Gasteiger partial charge in [0.05, 0.1) is 12.0 Å². The number of nitrogens with zero attached hydrogens (tertiary/aromatic N) is 5. The molecular weight excluding hydrogens is 590 g/mol. The van der Waals surface area contributed by atoms with E-state index in [9.17, 15) is 13.2 Å². The van der Waals surface area contributed by atoms with Gasteiger partial charge in [-0.3, -0.25) is 5.32 Å². The van der Waals surface area contributed by atoms with Crippen LogP contribution in [0.3, 0.4) is 0 Å². The number of sulfone groups is 1. The van der Waals surface area contributed by atoms with Crippen LogP contribution in [0.25, 0.3) is 11.6 Å². The summed E-state index contributed by atoms with van der Waals surface area (Å²) in [6, 6.07) is 20.7. The molecule has 44 heavy (non-hydrogen) atoms. The predicted molar refractivity (Wildman–Crippen MR) is 157 cm³/mol. The van der Waals surface area contributed by atoms with E-state index in [2.05, 4.69) is 30.2 Å². The van der Waals surface area contributed by atoms with Gasteiger partial charge in [-0.25, -0.2) is 33.1 Å². The highest BCUT2D eigenvalue weighted by molar-refractivity contribution is 7.91. The van der Waals surface area contributed by atoms with Crippen LogP contribution in [-0.2, 0) is 14.6 Å². The van der Waals surface area contributed by atoms with Gasteiger partial charge in [-0.2, -0.15) is 4.98 Å². The first-order valence-corrected chi connectivity index (χ1v) is 14.4. The SMILES string of the molecule is COc1ccccc1Oc1c(OCCOC(=O)Nc2ccccn2)nc(-c2nccc(N)n2)nc1S(=O)(=O)c1ccccc1. The maximum Gasteiger partial charge on any atom is 0.412 e. The Labute approximate surface area is 251 Å². The molecule has 0 bridgehead atoms. The lowest BCUT2D eigenvalue weighted by atomic mass is 10.3. The molecule has 0 aliphatic rings. The molecule has 1 amide bonds. The number of methoxy groups -OCH3 is 1. The smallest absolute Gasteiger partial charge is 0.412 e. The van der Waals surface area contributed by atoms with Gasteiger partial charge in [0.15, 0.2) is 17.3 Å². The molecule has 15 heteroatoms. The second kappa shape index (κ2) is 13.4. The molecule has 0 spiro atoms. The van der Waals surface area contributed by atoms with Gasteiger partial charge in [0.25, 0.3) is 5.88 Å². The molecule has 2 aromatic carbocycles. The van der Waals surface area contributed by atoms with E-state index < -0.39 is 21.0 Å². The summed E-state index contributed by atoms with van der Waals surface area (Å²) in [5.74, 6) is -0.0399. The average Bonchev–Trinajstić information content (AvgIpc) is 3.04. The third-order valence-electron chi connectivity index (χ3n) is 5.72. The summed E-state index contributed by atoms with van der Waals surface area (Å²) < 4.78 is 50.5. The highest BCUT2D eigenvalue weighted by atomic mass is 32.2. The highest BCUT2D eigenvalue weighted by Gasteiger charge is 2.31. The molecule has 0 saturated carbocycles. The molecule has 3 heterocycles. The third-order valence-corrected chi connectivity index (χ3v) is 7.40. The lowest BCUT2D eigenvalue weighted by Crippen LogP contribution is -2.19. The monoisotopic (exact) mass is 615 g/mol. The van der Waals surface area contributed by atoms with Crippen molar-refractivity contribution in [3.8, 4) is 34.8 Å². The Morgan fingerprint density at radius 3 is 2.30 bits per heavy atom. The molecule has 0 radical (unpaired) electrons. The van der Waals surface area contributed by atoms with E-state index in [-0.39, 0.29) is 53.0 Å². The molecule has 5 aromatic rings. The number of amides is 1.